The van der Waals surface area contributed by atoms with Gasteiger partial charge in [-0.3, -0.25) is 0 Å². The number of rotatable bonds is 14. The molecular weight excluding hydrogens is 878 g/mol. The fourth-order valence-corrected chi connectivity index (χ4v) is 2.60. The Balaban J connectivity index is 7.28. The van der Waals surface area contributed by atoms with Gasteiger partial charge in [-0.05, 0) is 0 Å². The first-order valence-corrected chi connectivity index (χ1v) is 10.8. The van der Waals surface area contributed by atoms with Crippen LogP contribution in [0.15, 0.2) is 9.98 Å². The van der Waals surface area contributed by atoms with E-state index in [9.17, 15) is 149 Å². The maximum Gasteiger partial charge on any atom is 0.460 e. The Kier molecular flexibility index (Phi) is 11.6. The highest BCUT2D eigenvalue weighted by molar-refractivity contribution is 5.43. The minimum absolute atomic E-state index is 0.0818. The maximum absolute atomic E-state index is 13.6. The zero-order valence-corrected chi connectivity index (χ0v) is 22.2. The average Bonchev–Trinajstić information content (AvgIpc) is 2.90. The molecular formula is C17F34N2. The van der Waals surface area contributed by atoms with Crippen molar-refractivity contribution in [3.63, 3.8) is 0 Å². The zero-order chi connectivity index (χ0) is 44.1. The molecule has 316 valence electrons. The third kappa shape index (κ3) is 6.31. The highest BCUT2D eigenvalue weighted by Gasteiger charge is 2.97. The summed E-state index contributed by atoms with van der Waals surface area (Å²) in [7, 11) is 0. The van der Waals surface area contributed by atoms with E-state index in [0.717, 1.165) is 0 Å². The second-order valence-electron chi connectivity index (χ2n) is 9.29. The van der Waals surface area contributed by atoms with Crippen LogP contribution >= 0.6 is 0 Å². The van der Waals surface area contributed by atoms with Gasteiger partial charge in [-0.15, -0.1) is 9.98 Å². The first-order chi connectivity index (χ1) is 22.2. The van der Waals surface area contributed by atoms with Crippen LogP contribution in [0.3, 0.4) is 0 Å². The van der Waals surface area contributed by atoms with Gasteiger partial charge in [0.2, 0.25) is 0 Å². The van der Waals surface area contributed by atoms with Gasteiger partial charge in [-0.2, -0.15) is 149 Å². The van der Waals surface area contributed by atoms with Crippen molar-refractivity contribution in [2.45, 2.75) is 95.5 Å². The second-order valence-corrected chi connectivity index (χ2v) is 9.29. The Bertz CT molecular complexity index is 1300. The van der Waals surface area contributed by atoms with Crippen molar-refractivity contribution < 1.29 is 149 Å². The lowest BCUT2D eigenvalue weighted by Gasteiger charge is -2.42. The first-order valence-electron chi connectivity index (χ1n) is 10.8. The summed E-state index contributed by atoms with van der Waals surface area (Å²) in [6.45, 7) is 0. The lowest BCUT2D eigenvalue weighted by atomic mass is 9.90. The first kappa shape index (κ1) is 50.0. The predicted molar refractivity (Wildman–Crippen MR) is 91.2 cm³/mol. The molecule has 0 saturated carbocycles. The molecule has 0 radical (unpaired) electrons. The van der Waals surface area contributed by atoms with Gasteiger partial charge in [0.25, 0.3) is 0 Å². The summed E-state index contributed by atoms with van der Waals surface area (Å²) in [5, 5.41) is 0. The lowest BCUT2D eigenvalue weighted by molar-refractivity contribution is -0.461. The molecule has 0 aromatic heterocycles. The van der Waals surface area contributed by atoms with Gasteiger partial charge < -0.3 is 0 Å². The van der Waals surface area contributed by atoms with E-state index < -0.39 is 102 Å². The molecule has 0 aromatic rings. The van der Waals surface area contributed by atoms with E-state index in [-0.39, 0.29) is 9.98 Å². The predicted octanol–water partition coefficient (Wildman–Crippen LogP) is 11.1. The summed E-state index contributed by atoms with van der Waals surface area (Å²) in [6.07, 6.45) is -16.4. The summed E-state index contributed by atoms with van der Waals surface area (Å²) in [4.78, 5) is -0.164. The monoisotopic (exact) mass is 878 g/mol. The molecule has 0 spiro atoms. The zero-order valence-electron chi connectivity index (χ0n) is 22.2. The Morgan fingerprint density at radius 1 is 0.189 bits per heavy atom. The van der Waals surface area contributed by atoms with Crippen molar-refractivity contribution in [1.82, 2.24) is 0 Å². The smallest absolute Gasteiger partial charge is 0.192 e. The van der Waals surface area contributed by atoms with Crippen molar-refractivity contribution in [3.05, 3.63) is 0 Å². The molecule has 0 aliphatic rings. The molecule has 0 unspecified atom stereocenters. The molecule has 0 bridgehead atoms. The molecule has 0 N–H and O–H groups in total. The van der Waals surface area contributed by atoms with Crippen LogP contribution in [-0.4, -0.2) is 102 Å². The summed E-state index contributed by atoms with van der Waals surface area (Å²) in [5.41, 5.74) is 0. The van der Waals surface area contributed by atoms with Gasteiger partial charge in [0, 0.05) is 0 Å². The van der Waals surface area contributed by atoms with Crippen LogP contribution in [0, 0.1) is 0 Å². The Morgan fingerprint density at radius 3 is 0.472 bits per heavy atom. The number of alkyl halides is 34. The van der Waals surface area contributed by atoms with Crippen LogP contribution < -0.4 is 0 Å². The summed E-state index contributed by atoms with van der Waals surface area (Å²) >= 11 is 0. The number of hydrogen-bond acceptors (Lipinski definition) is 2. The third-order valence-electron chi connectivity index (χ3n) is 5.79. The highest BCUT2D eigenvalue weighted by atomic mass is 19.4. The van der Waals surface area contributed by atoms with Gasteiger partial charge in [-0.1, -0.05) is 0 Å². The quantitative estimate of drug-likeness (QED) is 0.0944. The molecule has 53 heavy (non-hydrogen) atoms. The standard InChI is InChI=1S/C17F34N2/c18-2(19,6(26,27)10(34,35)14(42,43)44)4(22,23)8(30,31)12(38,39)16(48,49)52-1-53-17(50,51)13(40,41)9(32,33)5(24,25)3(20,21)7(28,29)11(36,37)15(45,46)47. The van der Waals surface area contributed by atoms with E-state index >= 15 is 0 Å². The minimum Gasteiger partial charge on any atom is -0.192 e. The normalized spacial score (nSPS) is 16.8. The molecule has 0 heterocycles. The molecule has 0 aliphatic heterocycles. The van der Waals surface area contributed by atoms with E-state index in [1.807, 2.05) is 0 Å². The highest BCUT2D eigenvalue weighted by Crippen LogP contribution is 2.66. The van der Waals surface area contributed by atoms with E-state index in [1.165, 1.54) is 0 Å². The fourth-order valence-electron chi connectivity index (χ4n) is 2.60. The Morgan fingerprint density at radius 2 is 0.321 bits per heavy atom. The van der Waals surface area contributed by atoms with E-state index in [0.29, 0.717) is 0 Å². The molecule has 0 rings (SSSR count). The average molecular weight is 878 g/mol. The van der Waals surface area contributed by atoms with Crippen LogP contribution in [0.4, 0.5) is 149 Å². The Hall–Kier alpha value is -3.00. The number of halogens is 34. The van der Waals surface area contributed by atoms with Crippen LogP contribution in [0.2, 0.25) is 0 Å². The minimum atomic E-state index is -9.39. The molecule has 0 saturated heterocycles. The second kappa shape index (κ2) is 12.2. The summed E-state index contributed by atoms with van der Waals surface area (Å²) in [6, 6.07) is -18.0. The van der Waals surface area contributed by atoms with Crippen LogP contribution in [-0.2, 0) is 0 Å². The lowest BCUT2D eigenvalue weighted by Crippen LogP contribution is -2.74. The molecule has 2 nitrogen and oxygen atoms in total. The van der Waals surface area contributed by atoms with Crippen molar-refractivity contribution in [3.8, 4) is 0 Å². The van der Waals surface area contributed by atoms with Crippen molar-refractivity contribution in [2.24, 2.45) is 9.98 Å². The van der Waals surface area contributed by atoms with Crippen molar-refractivity contribution >= 4 is 6.01 Å². The van der Waals surface area contributed by atoms with Gasteiger partial charge in [0.05, 0.1) is 0 Å². The molecule has 0 amide bonds. The SMILES string of the molecule is FC(F)(F)C(F)(F)C(F)(F)C(F)(F)C(F)(F)C(F)(F)C(F)(F)C(F)(F)N=C=NC(F)(F)C(F)(F)C(F)(F)C(F)(F)C(F)(F)C(F)(F)C(F)(F)C(F)(F)F. The molecule has 0 aromatic carbocycles. The Labute approximate surface area is 262 Å². The van der Waals surface area contributed by atoms with E-state index in [4.69, 9.17) is 0 Å². The third-order valence-corrected chi connectivity index (χ3v) is 5.79. The van der Waals surface area contributed by atoms with Gasteiger partial charge >= 0.3 is 95.5 Å². The van der Waals surface area contributed by atoms with E-state index in [1.54, 1.807) is 0 Å². The van der Waals surface area contributed by atoms with Crippen LogP contribution in [0.5, 0.6) is 0 Å². The fraction of sp³-hybridized carbons (Fsp3) is 0.941. The van der Waals surface area contributed by atoms with Crippen molar-refractivity contribution in [1.29, 1.82) is 0 Å². The number of aliphatic imine (C=N–C) groups is 2. The van der Waals surface area contributed by atoms with Gasteiger partial charge in [0.15, 0.2) is 0 Å². The number of hydrogen-bond donors (Lipinski definition) is 0. The number of nitrogens with zero attached hydrogens (tertiary/aromatic N) is 2. The molecule has 36 heteroatoms. The largest absolute Gasteiger partial charge is 0.460 e. The van der Waals surface area contributed by atoms with Crippen LogP contribution in [0.1, 0.15) is 0 Å². The van der Waals surface area contributed by atoms with E-state index in [2.05, 4.69) is 0 Å². The van der Waals surface area contributed by atoms with Gasteiger partial charge in [0.1, 0.15) is 6.01 Å². The summed E-state index contributed by atoms with van der Waals surface area (Å²) < 4.78 is 445. The molecule has 0 atom stereocenters. The summed E-state index contributed by atoms with van der Waals surface area (Å²) in [5.74, 6) is -110. The van der Waals surface area contributed by atoms with Gasteiger partial charge in [-0.25, -0.2) is 0 Å². The maximum atomic E-state index is 13.6. The molecule has 0 fully saturated rings. The van der Waals surface area contributed by atoms with Crippen molar-refractivity contribution in [2.75, 3.05) is 0 Å². The topological polar surface area (TPSA) is 24.7 Å². The van der Waals surface area contributed by atoms with Crippen LogP contribution in [0.25, 0.3) is 0 Å². The molecule has 0 aliphatic carbocycles.